The van der Waals surface area contributed by atoms with Crippen LogP contribution in [0.25, 0.3) is 21.7 Å². The lowest BCUT2D eigenvalue weighted by atomic mass is 10.1. The van der Waals surface area contributed by atoms with Crippen LogP contribution in [-0.4, -0.2) is 25.3 Å². The molecule has 1 aliphatic rings. The molecule has 1 aliphatic carbocycles. The number of benzene rings is 1. The molecule has 0 saturated heterocycles. The van der Waals surface area contributed by atoms with Crippen molar-refractivity contribution in [1.82, 2.24) is 4.57 Å². The maximum atomic E-state index is 11.3. The first-order chi connectivity index (χ1) is 10.9. The molecular formula is C15H16N4O3S. The molecule has 0 radical (unpaired) electrons. The Hall–Kier alpha value is -2.44. The fourth-order valence-electron chi connectivity index (χ4n) is 2.91. The summed E-state index contributed by atoms with van der Waals surface area (Å²) in [6.45, 7) is 2.42. The predicted molar refractivity (Wildman–Crippen MR) is 86.8 cm³/mol. The van der Waals surface area contributed by atoms with Gasteiger partial charge in [-0.1, -0.05) is 18.1 Å². The molecule has 0 aliphatic heterocycles. The number of hydrogen-bond donors (Lipinski definition) is 0. The predicted octanol–water partition coefficient (Wildman–Crippen LogP) is 3.10. The van der Waals surface area contributed by atoms with Gasteiger partial charge in [-0.3, -0.25) is 0 Å². The Morgan fingerprint density at radius 1 is 1.39 bits per heavy atom. The largest absolute Gasteiger partial charge is 0.383 e. The van der Waals surface area contributed by atoms with Crippen LogP contribution in [0.15, 0.2) is 35.6 Å². The first-order valence-corrected chi connectivity index (χ1v) is 8.94. The van der Waals surface area contributed by atoms with Gasteiger partial charge in [-0.15, -0.1) is 0 Å². The van der Waals surface area contributed by atoms with Crippen LogP contribution >= 0.6 is 0 Å². The highest BCUT2D eigenvalue weighted by atomic mass is 32.2. The highest BCUT2D eigenvalue weighted by Crippen LogP contribution is 2.39. The maximum absolute atomic E-state index is 11.3. The van der Waals surface area contributed by atoms with E-state index in [1.54, 1.807) is 12.1 Å². The molecule has 1 unspecified atom stereocenters. The van der Waals surface area contributed by atoms with E-state index in [0.717, 1.165) is 29.5 Å². The van der Waals surface area contributed by atoms with Crippen molar-refractivity contribution < 1.29 is 12.6 Å². The van der Waals surface area contributed by atoms with Crippen molar-refractivity contribution in [3.8, 4) is 17.0 Å². The minimum Gasteiger partial charge on any atom is -0.383 e. The van der Waals surface area contributed by atoms with Gasteiger partial charge in [-0.05, 0) is 34.9 Å². The van der Waals surface area contributed by atoms with E-state index in [1.807, 2.05) is 29.8 Å². The summed E-state index contributed by atoms with van der Waals surface area (Å²) >= 11 is 0. The Morgan fingerprint density at radius 2 is 2.17 bits per heavy atom. The van der Waals surface area contributed by atoms with Gasteiger partial charge in [0.2, 0.25) is 0 Å². The molecule has 7 nitrogen and oxygen atoms in total. The smallest absolute Gasteiger partial charge is 0.306 e. The molecule has 23 heavy (non-hydrogen) atoms. The molecule has 1 aromatic heterocycles. The zero-order chi connectivity index (χ0) is 16.6. The van der Waals surface area contributed by atoms with Crippen molar-refractivity contribution in [2.45, 2.75) is 25.9 Å². The quantitative estimate of drug-likeness (QED) is 0.311. The van der Waals surface area contributed by atoms with Crippen LogP contribution in [-0.2, 0) is 23.1 Å². The van der Waals surface area contributed by atoms with E-state index in [1.165, 1.54) is 5.56 Å². The summed E-state index contributed by atoms with van der Waals surface area (Å²) in [4.78, 5) is 2.83. The van der Waals surface area contributed by atoms with Gasteiger partial charge in [0.15, 0.2) is 0 Å². The van der Waals surface area contributed by atoms with Crippen LogP contribution in [0.4, 0.5) is 0 Å². The van der Waals surface area contributed by atoms with Crippen molar-refractivity contribution in [2.75, 3.05) is 6.26 Å². The average molecular weight is 332 g/mol. The SMILES string of the molecule is CC(Cn1ccc2c1-c1cc(OS(C)(=O)=O)ccc1C2)N=[N+]=[N-]. The molecule has 8 heteroatoms. The molecule has 120 valence electrons. The lowest BCUT2D eigenvalue weighted by Gasteiger charge is -2.12. The molecule has 1 atom stereocenters. The first-order valence-electron chi connectivity index (χ1n) is 7.12. The third-order valence-electron chi connectivity index (χ3n) is 3.72. The van der Waals surface area contributed by atoms with E-state index in [9.17, 15) is 8.42 Å². The van der Waals surface area contributed by atoms with Crippen molar-refractivity contribution in [2.24, 2.45) is 5.11 Å². The Labute approximate surface area is 134 Å². The Bertz CT molecular complexity index is 911. The highest BCUT2D eigenvalue weighted by molar-refractivity contribution is 7.86. The van der Waals surface area contributed by atoms with E-state index in [4.69, 9.17) is 9.71 Å². The standard InChI is InChI=1S/C15H16N4O3S/c1-10(17-18-16)9-19-6-5-12-7-11-3-4-13(22-23(2,20)21)8-14(11)15(12)19/h3-6,8,10H,7,9H2,1-2H3. The normalized spacial score (nSPS) is 13.8. The second-order valence-corrected chi connectivity index (χ2v) is 7.25. The number of fused-ring (bicyclic) bond motifs is 3. The van der Waals surface area contributed by atoms with Crippen LogP contribution in [0.5, 0.6) is 5.75 Å². The molecule has 0 bridgehead atoms. The van der Waals surface area contributed by atoms with Gasteiger partial charge in [-0.25, -0.2) is 0 Å². The molecule has 1 heterocycles. The molecule has 0 saturated carbocycles. The van der Waals surface area contributed by atoms with Crippen molar-refractivity contribution in [1.29, 1.82) is 0 Å². The number of aromatic nitrogens is 1. The summed E-state index contributed by atoms with van der Waals surface area (Å²) in [7, 11) is -3.56. The van der Waals surface area contributed by atoms with Gasteiger partial charge in [0.1, 0.15) is 5.75 Å². The summed E-state index contributed by atoms with van der Waals surface area (Å²) in [5.41, 5.74) is 12.8. The second-order valence-electron chi connectivity index (χ2n) is 5.68. The summed E-state index contributed by atoms with van der Waals surface area (Å²) in [6, 6.07) is 7.16. The minimum absolute atomic E-state index is 0.170. The van der Waals surface area contributed by atoms with Crippen molar-refractivity contribution in [3.63, 3.8) is 0 Å². The van der Waals surface area contributed by atoms with Gasteiger partial charge in [-0.2, -0.15) is 8.42 Å². The van der Waals surface area contributed by atoms with E-state index < -0.39 is 10.1 Å². The topological polar surface area (TPSA) is 97.1 Å². The summed E-state index contributed by atoms with van der Waals surface area (Å²) in [6.07, 6.45) is 3.78. The highest BCUT2D eigenvalue weighted by Gasteiger charge is 2.23. The van der Waals surface area contributed by atoms with Crippen LogP contribution < -0.4 is 4.18 Å². The molecule has 3 rings (SSSR count). The number of rotatable bonds is 5. The fourth-order valence-corrected chi connectivity index (χ4v) is 3.36. The Kier molecular flexibility index (Phi) is 3.79. The van der Waals surface area contributed by atoms with Crippen molar-refractivity contribution >= 4 is 10.1 Å². The van der Waals surface area contributed by atoms with E-state index in [2.05, 4.69) is 10.0 Å². The maximum Gasteiger partial charge on any atom is 0.306 e. The van der Waals surface area contributed by atoms with Gasteiger partial charge in [0.05, 0.1) is 18.0 Å². The van der Waals surface area contributed by atoms with Crippen molar-refractivity contribution in [3.05, 3.63) is 52.0 Å². The van der Waals surface area contributed by atoms with Crippen LogP contribution in [0.1, 0.15) is 18.1 Å². The Morgan fingerprint density at radius 3 is 2.87 bits per heavy atom. The third kappa shape index (κ3) is 3.18. The number of azide groups is 1. The minimum atomic E-state index is -3.56. The zero-order valence-electron chi connectivity index (χ0n) is 12.8. The van der Waals surface area contributed by atoms with Gasteiger partial charge < -0.3 is 8.75 Å². The van der Waals surface area contributed by atoms with Gasteiger partial charge in [0, 0.05) is 29.6 Å². The molecule has 1 aromatic carbocycles. The summed E-state index contributed by atoms with van der Waals surface area (Å²) in [5.74, 6) is 0.301. The molecule has 0 spiro atoms. The summed E-state index contributed by atoms with van der Waals surface area (Å²) in [5, 5.41) is 3.70. The lowest BCUT2D eigenvalue weighted by molar-refractivity contribution is 0.493. The van der Waals surface area contributed by atoms with Gasteiger partial charge in [0.25, 0.3) is 0 Å². The van der Waals surface area contributed by atoms with Crippen LogP contribution in [0, 0.1) is 0 Å². The van der Waals surface area contributed by atoms with Crippen LogP contribution in [0.3, 0.4) is 0 Å². The molecule has 0 N–H and O–H groups in total. The second kappa shape index (κ2) is 5.64. The summed E-state index contributed by atoms with van der Waals surface area (Å²) < 4.78 is 29.6. The zero-order valence-corrected chi connectivity index (χ0v) is 13.6. The molecule has 0 amide bonds. The van der Waals surface area contributed by atoms with E-state index >= 15 is 0 Å². The molecule has 2 aromatic rings. The van der Waals surface area contributed by atoms with E-state index in [-0.39, 0.29) is 6.04 Å². The average Bonchev–Trinajstić information content (AvgIpc) is 2.97. The Balaban J connectivity index is 1.99. The van der Waals surface area contributed by atoms with E-state index in [0.29, 0.717) is 12.3 Å². The van der Waals surface area contributed by atoms with Gasteiger partial charge >= 0.3 is 10.1 Å². The third-order valence-corrected chi connectivity index (χ3v) is 4.22. The first kappa shape index (κ1) is 15.5. The fraction of sp³-hybridized carbons (Fsp3) is 0.333. The monoisotopic (exact) mass is 332 g/mol. The lowest BCUT2D eigenvalue weighted by Crippen LogP contribution is -2.10. The molecule has 0 fully saturated rings. The molecular weight excluding hydrogens is 316 g/mol. The van der Waals surface area contributed by atoms with Crippen LogP contribution in [0.2, 0.25) is 0 Å². The number of nitrogens with zero attached hydrogens (tertiary/aromatic N) is 4. The number of hydrogen-bond acceptors (Lipinski definition) is 4.